The van der Waals surface area contributed by atoms with E-state index >= 15 is 0 Å². The number of hydrogen-bond acceptors (Lipinski definition) is 2. The smallest absolute Gasteiger partial charge is 0.347 e. The van der Waals surface area contributed by atoms with Crippen molar-refractivity contribution in [2.45, 2.75) is 18.6 Å². The van der Waals surface area contributed by atoms with Crippen LogP contribution >= 0.6 is 0 Å². The fraction of sp³-hybridized carbons (Fsp3) is 0.222. The average Bonchev–Trinajstić information content (AvgIpc) is 2.95. The number of nitrogens with one attached hydrogen (secondary N) is 1. The van der Waals surface area contributed by atoms with Gasteiger partial charge in [0.1, 0.15) is 5.82 Å². The van der Waals surface area contributed by atoms with Crippen LogP contribution < -0.4 is 10.2 Å². The van der Waals surface area contributed by atoms with Crippen molar-refractivity contribution < 1.29 is 27.2 Å². The third-order valence-corrected chi connectivity index (χ3v) is 4.07. The largest absolute Gasteiger partial charge is 0.416 e. The first-order valence-corrected chi connectivity index (χ1v) is 7.78. The number of anilines is 1. The molecule has 8 heteroatoms. The zero-order valence-corrected chi connectivity index (χ0v) is 13.4. The summed E-state index contributed by atoms with van der Waals surface area (Å²) < 4.78 is 50.6. The molecule has 3 rings (SSSR count). The molecule has 4 nitrogen and oxygen atoms in total. The quantitative estimate of drug-likeness (QED) is 0.847. The Morgan fingerprint density at radius 3 is 2.23 bits per heavy atom. The van der Waals surface area contributed by atoms with Crippen molar-refractivity contribution in [1.29, 1.82) is 0 Å². The summed E-state index contributed by atoms with van der Waals surface area (Å²) in [6.45, 7) is 0.205. The topological polar surface area (TPSA) is 49.4 Å². The van der Waals surface area contributed by atoms with Crippen molar-refractivity contribution in [1.82, 2.24) is 5.32 Å². The molecular formula is C18H14F4N2O2. The molecule has 0 unspecified atom stereocenters. The van der Waals surface area contributed by atoms with Gasteiger partial charge in [-0.05, 0) is 48.5 Å². The lowest BCUT2D eigenvalue weighted by atomic mass is 10.1. The molecule has 1 aliphatic rings. The predicted octanol–water partition coefficient (Wildman–Crippen LogP) is 3.38. The summed E-state index contributed by atoms with van der Waals surface area (Å²) >= 11 is 0. The third-order valence-electron chi connectivity index (χ3n) is 4.07. The molecule has 136 valence electrons. The van der Waals surface area contributed by atoms with Gasteiger partial charge in [-0.1, -0.05) is 0 Å². The van der Waals surface area contributed by atoms with Crippen LogP contribution in [-0.2, 0) is 11.0 Å². The van der Waals surface area contributed by atoms with Gasteiger partial charge in [0.2, 0.25) is 5.91 Å². The zero-order chi connectivity index (χ0) is 18.9. The molecule has 1 fully saturated rings. The van der Waals surface area contributed by atoms with Gasteiger partial charge >= 0.3 is 6.18 Å². The monoisotopic (exact) mass is 366 g/mol. The number of benzene rings is 2. The highest BCUT2D eigenvalue weighted by Crippen LogP contribution is 2.29. The Balaban J connectivity index is 1.65. The van der Waals surface area contributed by atoms with Gasteiger partial charge in [-0.15, -0.1) is 0 Å². The van der Waals surface area contributed by atoms with E-state index in [1.807, 2.05) is 0 Å². The van der Waals surface area contributed by atoms with Crippen molar-refractivity contribution in [3.05, 3.63) is 65.5 Å². The number of rotatable bonds is 3. The van der Waals surface area contributed by atoms with Crippen LogP contribution in [0.2, 0.25) is 0 Å². The van der Waals surface area contributed by atoms with E-state index < -0.39 is 29.5 Å². The second-order valence-electron chi connectivity index (χ2n) is 5.93. The van der Waals surface area contributed by atoms with Crippen molar-refractivity contribution >= 4 is 17.5 Å². The van der Waals surface area contributed by atoms with Crippen molar-refractivity contribution in [2.75, 3.05) is 11.4 Å². The summed E-state index contributed by atoms with van der Waals surface area (Å²) in [5.41, 5.74) is -0.249. The number of carbonyl (C=O) groups excluding carboxylic acids is 2. The van der Waals surface area contributed by atoms with Crippen molar-refractivity contribution in [3.8, 4) is 0 Å². The molecule has 1 heterocycles. The molecule has 0 aliphatic carbocycles. The second kappa shape index (κ2) is 6.78. The summed E-state index contributed by atoms with van der Waals surface area (Å²) in [5, 5.41) is 2.64. The van der Waals surface area contributed by atoms with E-state index in [9.17, 15) is 27.2 Å². The molecule has 0 radical (unpaired) electrons. The number of halogens is 4. The van der Waals surface area contributed by atoms with Gasteiger partial charge in [0.25, 0.3) is 5.91 Å². The second-order valence-corrected chi connectivity index (χ2v) is 5.93. The minimum atomic E-state index is -4.47. The SMILES string of the molecule is O=C(N[C@H]1CC(=O)N(c2ccc(F)cc2)C1)c1ccc(C(F)(F)F)cc1. The standard InChI is InChI=1S/C18H14F4N2O2/c19-13-5-7-15(8-6-13)24-10-14(9-16(24)25)23-17(26)11-1-3-12(4-2-11)18(20,21)22/h1-8,14H,9-10H2,(H,23,26)/t14-/m0/s1. The highest BCUT2D eigenvalue weighted by atomic mass is 19.4. The number of amides is 2. The molecule has 26 heavy (non-hydrogen) atoms. The molecule has 0 saturated carbocycles. The molecule has 0 bridgehead atoms. The Morgan fingerprint density at radius 2 is 1.65 bits per heavy atom. The Hall–Kier alpha value is -2.90. The third kappa shape index (κ3) is 3.84. The maximum Gasteiger partial charge on any atom is 0.416 e. The van der Waals surface area contributed by atoms with Gasteiger partial charge in [-0.2, -0.15) is 13.2 Å². The molecule has 1 N–H and O–H groups in total. The van der Waals surface area contributed by atoms with E-state index in [1.54, 1.807) is 0 Å². The molecule has 1 saturated heterocycles. The van der Waals surface area contributed by atoms with Crippen molar-refractivity contribution in [3.63, 3.8) is 0 Å². The Labute approximate surface area is 146 Å². The van der Waals surface area contributed by atoms with Crippen LogP contribution in [0.3, 0.4) is 0 Å². The van der Waals surface area contributed by atoms with Crippen LogP contribution in [0.15, 0.2) is 48.5 Å². The number of carbonyl (C=O) groups is 2. The Kier molecular flexibility index (Phi) is 4.67. The molecule has 2 aromatic carbocycles. The van der Waals surface area contributed by atoms with Crippen LogP contribution in [0.4, 0.5) is 23.2 Å². The summed E-state index contributed by atoms with van der Waals surface area (Å²) in [7, 11) is 0. The molecule has 1 aliphatic heterocycles. The average molecular weight is 366 g/mol. The van der Waals surface area contributed by atoms with E-state index in [-0.39, 0.29) is 24.4 Å². The lowest BCUT2D eigenvalue weighted by Gasteiger charge is -2.17. The number of nitrogens with zero attached hydrogens (tertiary/aromatic N) is 1. The Morgan fingerprint density at radius 1 is 1.04 bits per heavy atom. The molecule has 0 aromatic heterocycles. The predicted molar refractivity (Wildman–Crippen MR) is 86.1 cm³/mol. The van der Waals surface area contributed by atoms with E-state index in [0.29, 0.717) is 5.69 Å². The van der Waals surface area contributed by atoms with Crippen LogP contribution in [0.5, 0.6) is 0 Å². The highest BCUT2D eigenvalue weighted by Gasteiger charge is 2.32. The highest BCUT2D eigenvalue weighted by molar-refractivity contribution is 5.98. The van der Waals surface area contributed by atoms with Gasteiger partial charge in [0.15, 0.2) is 0 Å². The van der Waals surface area contributed by atoms with Crippen LogP contribution in [0.25, 0.3) is 0 Å². The van der Waals surface area contributed by atoms with Gasteiger partial charge in [-0.3, -0.25) is 9.59 Å². The maximum absolute atomic E-state index is 13.0. The van der Waals surface area contributed by atoms with Gasteiger partial charge in [-0.25, -0.2) is 4.39 Å². The number of alkyl halides is 3. The zero-order valence-electron chi connectivity index (χ0n) is 13.4. The minimum Gasteiger partial charge on any atom is -0.347 e. The van der Waals surface area contributed by atoms with Gasteiger partial charge in [0, 0.05) is 24.2 Å². The van der Waals surface area contributed by atoms with Crippen LogP contribution in [0, 0.1) is 5.82 Å². The first kappa shape index (κ1) is 17.9. The summed E-state index contributed by atoms with van der Waals surface area (Å²) in [6.07, 6.45) is -4.41. The van der Waals surface area contributed by atoms with Gasteiger partial charge in [0.05, 0.1) is 11.6 Å². The van der Waals surface area contributed by atoms with E-state index in [2.05, 4.69) is 5.32 Å². The summed E-state index contributed by atoms with van der Waals surface area (Å²) in [5.74, 6) is -1.21. The summed E-state index contributed by atoms with van der Waals surface area (Å²) in [4.78, 5) is 25.7. The fourth-order valence-corrected chi connectivity index (χ4v) is 2.75. The molecule has 2 aromatic rings. The van der Waals surface area contributed by atoms with Gasteiger partial charge < -0.3 is 10.2 Å². The van der Waals surface area contributed by atoms with E-state index in [4.69, 9.17) is 0 Å². The van der Waals surface area contributed by atoms with E-state index in [1.165, 1.54) is 29.2 Å². The first-order chi connectivity index (χ1) is 12.2. The summed E-state index contributed by atoms with van der Waals surface area (Å²) in [6, 6.07) is 8.76. The molecule has 0 spiro atoms. The van der Waals surface area contributed by atoms with E-state index in [0.717, 1.165) is 24.3 Å². The fourth-order valence-electron chi connectivity index (χ4n) is 2.75. The van der Waals surface area contributed by atoms with Crippen LogP contribution in [-0.4, -0.2) is 24.4 Å². The Bertz CT molecular complexity index is 817. The lowest BCUT2D eigenvalue weighted by Crippen LogP contribution is -2.37. The maximum atomic E-state index is 13.0. The number of hydrogen-bond donors (Lipinski definition) is 1. The van der Waals surface area contributed by atoms with Crippen molar-refractivity contribution in [2.24, 2.45) is 0 Å². The van der Waals surface area contributed by atoms with Crippen LogP contribution in [0.1, 0.15) is 22.3 Å². The minimum absolute atomic E-state index is 0.0593. The normalized spacial score (nSPS) is 17.5. The molecular weight excluding hydrogens is 352 g/mol. The lowest BCUT2D eigenvalue weighted by molar-refractivity contribution is -0.137. The first-order valence-electron chi connectivity index (χ1n) is 7.78. The molecule has 1 atom stereocenters. The molecule has 2 amide bonds.